The van der Waals surface area contributed by atoms with E-state index in [1.54, 1.807) is 7.11 Å². The molecule has 5 rings (SSSR count). The highest BCUT2D eigenvalue weighted by molar-refractivity contribution is 6.31. The van der Waals surface area contributed by atoms with Crippen LogP contribution in [-0.4, -0.2) is 78.0 Å². The zero-order valence-corrected chi connectivity index (χ0v) is 19.0. The maximum atomic E-state index is 9.89. The summed E-state index contributed by atoms with van der Waals surface area (Å²) < 4.78 is 27.9. The van der Waals surface area contributed by atoms with Gasteiger partial charge in [-0.1, -0.05) is 23.7 Å². The third kappa shape index (κ3) is 4.92. The van der Waals surface area contributed by atoms with Gasteiger partial charge in [0.25, 0.3) is 6.01 Å². The number of hydrogen-bond donors (Lipinski definition) is 2. The number of halogens is 1. The van der Waals surface area contributed by atoms with Crippen LogP contribution in [0.15, 0.2) is 30.3 Å². The summed E-state index contributed by atoms with van der Waals surface area (Å²) in [6.45, 7) is 1.63. The molecule has 0 radical (unpaired) electrons. The van der Waals surface area contributed by atoms with Crippen LogP contribution in [0.25, 0.3) is 11.2 Å². The number of aryl methyl sites for hydroxylation is 2. The molecule has 3 aromatic rings. The first-order chi connectivity index (χ1) is 16.1. The van der Waals surface area contributed by atoms with Gasteiger partial charge in [-0.3, -0.25) is 0 Å². The monoisotopic (exact) mass is 475 g/mol. The number of H-pyrrole nitrogens is 1. The van der Waals surface area contributed by atoms with E-state index in [0.717, 1.165) is 23.4 Å². The summed E-state index contributed by atoms with van der Waals surface area (Å²) in [6, 6.07) is 10.1. The molecule has 2 aliphatic rings. The molecule has 2 N–H and O–H groups in total. The highest BCUT2D eigenvalue weighted by atomic mass is 35.5. The summed E-state index contributed by atoms with van der Waals surface area (Å²) in [4.78, 5) is 12.2. The van der Waals surface area contributed by atoms with Gasteiger partial charge in [-0.05, 0) is 36.6 Å². The van der Waals surface area contributed by atoms with Crippen LogP contribution in [0.3, 0.4) is 0 Å². The van der Waals surface area contributed by atoms with E-state index < -0.39 is 6.10 Å². The number of methoxy groups -OCH3 is 1. The summed E-state index contributed by atoms with van der Waals surface area (Å²) in [5.74, 6) is 0.810. The summed E-state index contributed by atoms with van der Waals surface area (Å²) in [5, 5.41) is 10.5. The van der Waals surface area contributed by atoms with Gasteiger partial charge in [0.05, 0.1) is 36.1 Å². The molecule has 0 unspecified atom stereocenters. The van der Waals surface area contributed by atoms with E-state index in [-0.39, 0.29) is 24.9 Å². The number of hydrogen-bond acceptors (Lipinski definition) is 8. The fraction of sp³-hybridized carbons (Fsp3) is 0.478. The molecule has 1 aromatic carbocycles. The molecular weight excluding hydrogens is 450 g/mol. The number of rotatable bonds is 9. The van der Waals surface area contributed by atoms with Crippen molar-refractivity contribution in [2.75, 3.05) is 33.5 Å². The lowest BCUT2D eigenvalue weighted by Gasteiger charge is -2.15. The average Bonchev–Trinajstić information content (AvgIpc) is 3.49. The van der Waals surface area contributed by atoms with Crippen molar-refractivity contribution in [3.63, 3.8) is 0 Å². The molecule has 10 heteroatoms. The number of nitrogens with one attached hydrogen (secondary N) is 1. The molecule has 0 spiro atoms. The molecule has 2 aliphatic heterocycles. The van der Waals surface area contributed by atoms with Gasteiger partial charge >= 0.3 is 0 Å². The molecule has 0 bridgehead atoms. The quantitative estimate of drug-likeness (QED) is 0.454. The molecule has 0 amide bonds. The second-order valence-corrected chi connectivity index (χ2v) is 8.55. The minimum absolute atomic E-state index is 0.248. The van der Waals surface area contributed by atoms with Gasteiger partial charge in [0.1, 0.15) is 30.7 Å². The standard InChI is InChI=1S/C23H26ClN3O6/c1-29-7-8-30-14-4-2-3-13(9-14)5-6-16-15(24)10-17-22(25-16)27-23(26-17)33-19-12-32-20-18(28)11-31-21(19)20/h2-4,9-10,18-21,28H,5-8,11-12H2,1H3,(H,25,26,27)/t18-,19-,20-,21-/m1/s1. The number of imidazole rings is 1. The lowest BCUT2D eigenvalue weighted by molar-refractivity contribution is 0.00706. The van der Waals surface area contributed by atoms with Crippen LogP contribution in [0.4, 0.5) is 0 Å². The SMILES string of the molecule is COCCOc1cccc(CCc2nc3nc(O[C@@H]4CO[C@H]5[C@@H]4OC[C@H]5O)[nH]c3cc2Cl)c1. The third-order valence-electron chi connectivity index (χ3n) is 5.83. The number of benzene rings is 1. The summed E-state index contributed by atoms with van der Waals surface area (Å²) in [5.41, 5.74) is 3.11. The van der Waals surface area contributed by atoms with Crippen LogP contribution < -0.4 is 9.47 Å². The highest BCUT2D eigenvalue weighted by Gasteiger charge is 2.48. The van der Waals surface area contributed by atoms with Crippen LogP contribution in [0.5, 0.6) is 11.8 Å². The second kappa shape index (κ2) is 9.82. The fourth-order valence-corrected chi connectivity index (χ4v) is 4.39. The van der Waals surface area contributed by atoms with E-state index in [4.69, 9.17) is 35.3 Å². The Morgan fingerprint density at radius 1 is 1.12 bits per heavy atom. The van der Waals surface area contributed by atoms with E-state index in [1.165, 1.54) is 0 Å². The van der Waals surface area contributed by atoms with Crippen molar-refractivity contribution in [3.05, 3.63) is 46.6 Å². The Labute approximate surface area is 195 Å². The topological polar surface area (TPSA) is 108 Å². The Balaban J connectivity index is 1.24. The minimum atomic E-state index is -0.625. The van der Waals surface area contributed by atoms with Crippen molar-refractivity contribution in [3.8, 4) is 11.8 Å². The number of aliphatic hydroxyl groups is 1. The Bertz CT molecular complexity index is 1110. The molecular formula is C23H26ClN3O6. The summed E-state index contributed by atoms with van der Waals surface area (Å²) in [6.07, 6.45) is -0.223. The van der Waals surface area contributed by atoms with Crippen LogP contribution in [0.2, 0.25) is 5.02 Å². The van der Waals surface area contributed by atoms with Crippen molar-refractivity contribution >= 4 is 22.8 Å². The third-order valence-corrected chi connectivity index (χ3v) is 6.15. The molecule has 0 aliphatic carbocycles. The molecule has 33 heavy (non-hydrogen) atoms. The maximum absolute atomic E-state index is 9.89. The number of nitrogens with zero attached hydrogens (tertiary/aromatic N) is 2. The van der Waals surface area contributed by atoms with Gasteiger partial charge in [0.15, 0.2) is 11.8 Å². The summed E-state index contributed by atoms with van der Waals surface area (Å²) in [7, 11) is 1.65. The van der Waals surface area contributed by atoms with Crippen LogP contribution in [0, 0.1) is 0 Å². The predicted octanol–water partition coefficient (Wildman–Crippen LogP) is 2.33. The Kier molecular flexibility index (Phi) is 6.66. The van der Waals surface area contributed by atoms with Gasteiger partial charge in [-0.15, -0.1) is 0 Å². The Hall–Kier alpha value is -2.43. The van der Waals surface area contributed by atoms with Gasteiger partial charge in [-0.2, -0.15) is 4.98 Å². The van der Waals surface area contributed by atoms with Gasteiger partial charge in [0, 0.05) is 7.11 Å². The Morgan fingerprint density at radius 2 is 2.00 bits per heavy atom. The van der Waals surface area contributed by atoms with Gasteiger partial charge < -0.3 is 33.8 Å². The smallest absolute Gasteiger partial charge is 0.296 e. The first-order valence-corrected chi connectivity index (χ1v) is 11.3. The minimum Gasteiger partial charge on any atom is -0.491 e. The average molecular weight is 476 g/mol. The molecule has 2 fully saturated rings. The molecule has 176 valence electrons. The summed E-state index contributed by atoms with van der Waals surface area (Å²) >= 11 is 6.50. The molecule has 2 saturated heterocycles. The number of fused-ring (bicyclic) bond motifs is 2. The van der Waals surface area contributed by atoms with Crippen molar-refractivity contribution in [1.29, 1.82) is 0 Å². The molecule has 9 nitrogen and oxygen atoms in total. The molecule has 0 saturated carbocycles. The van der Waals surface area contributed by atoms with Gasteiger partial charge in [0.2, 0.25) is 0 Å². The number of ether oxygens (including phenoxy) is 5. The highest BCUT2D eigenvalue weighted by Crippen LogP contribution is 2.30. The maximum Gasteiger partial charge on any atom is 0.296 e. The van der Waals surface area contributed by atoms with Gasteiger partial charge in [-0.25, -0.2) is 4.98 Å². The first-order valence-electron chi connectivity index (χ1n) is 10.9. The first kappa shape index (κ1) is 22.4. The molecule has 4 atom stereocenters. The number of aromatic nitrogens is 3. The lowest BCUT2D eigenvalue weighted by Crippen LogP contribution is -2.34. The molecule has 4 heterocycles. The Morgan fingerprint density at radius 3 is 2.88 bits per heavy atom. The van der Waals surface area contributed by atoms with E-state index in [0.29, 0.717) is 48.4 Å². The zero-order valence-electron chi connectivity index (χ0n) is 18.2. The second-order valence-electron chi connectivity index (χ2n) is 8.14. The van der Waals surface area contributed by atoms with Crippen molar-refractivity contribution in [1.82, 2.24) is 15.0 Å². The molecule has 2 aromatic heterocycles. The van der Waals surface area contributed by atoms with Crippen LogP contribution in [0.1, 0.15) is 11.3 Å². The van der Waals surface area contributed by atoms with E-state index in [9.17, 15) is 5.11 Å². The van der Waals surface area contributed by atoms with Crippen molar-refractivity contribution in [2.45, 2.75) is 37.3 Å². The predicted molar refractivity (Wildman–Crippen MR) is 120 cm³/mol. The number of aliphatic hydroxyl groups excluding tert-OH is 1. The van der Waals surface area contributed by atoms with E-state index >= 15 is 0 Å². The zero-order chi connectivity index (χ0) is 22.8. The lowest BCUT2D eigenvalue weighted by atomic mass is 10.1. The number of aromatic amines is 1. The van der Waals surface area contributed by atoms with Crippen molar-refractivity contribution in [2.24, 2.45) is 0 Å². The largest absolute Gasteiger partial charge is 0.491 e. The fourth-order valence-electron chi connectivity index (χ4n) is 4.15. The van der Waals surface area contributed by atoms with E-state index in [2.05, 4.69) is 21.0 Å². The van der Waals surface area contributed by atoms with E-state index in [1.807, 2.05) is 24.3 Å². The van der Waals surface area contributed by atoms with Crippen LogP contribution >= 0.6 is 11.6 Å². The normalized spacial score (nSPS) is 24.3. The number of pyridine rings is 1. The van der Waals surface area contributed by atoms with Crippen molar-refractivity contribution < 1.29 is 28.8 Å². The van der Waals surface area contributed by atoms with Crippen LogP contribution in [-0.2, 0) is 27.1 Å².